The number of aryl methyl sites for hydroxylation is 1. The van der Waals surface area contributed by atoms with E-state index in [2.05, 4.69) is 5.32 Å². The Morgan fingerprint density at radius 2 is 2.27 bits per heavy atom. The van der Waals surface area contributed by atoms with Crippen LogP contribution in [0.25, 0.3) is 0 Å². The van der Waals surface area contributed by atoms with Crippen molar-refractivity contribution in [3.05, 3.63) is 35.1 Å². The zero-order valence-corrected chi connectivity index (χ0v) is 8.72. The third-order valence-corrected chi connectivity index (χ3v) is 2.10. The number of hydrogen-bond acceptors (Lipinski definition) is 2. The highest BCUT2D eigenvalue weighted by Crippen LogP contribution is 2.08. The Morgan fingerprint density at radius 1 is 1.53 bits per heavy atom. The van der Waals surface area contributed by atoms with Crippen LogP contribution in [0.3, 0.4) is 0 Å². The van der Waals surface area contributed by atoms with Gasteiger partial charge in [0.25, 0.3) is 0 Å². The van der Waals surface area contributed by atoms with Crippen molar-refractivity contribution in [2.45, 2.75) is 19.9 Å². The molecule has 0 saturated heterocycles. The zero-order chi connectivity index (χ0) is 11.3. The van der Waals surface area contributed by atoms with Crippen LogP contribution in [0.2, 0.25) is 0 Å². The second-order valence-electron chi connectivity index (χ2n) is 3.48. The number of amides is 1. The monoisotopic (exact) mass is 210 g/mol. The fourth-order valence-corrected chi connectivity index (χ4v) is 1.26. The maximum Gasteiger partial charge on any atom is 0.218 e. The van der Waals surface area contributed by atoms with E-state index in [0.717, 1.165) is 5.56 Å². The lowest BCUT2D eigenvalue weighted by Crippen LogP contribution is -2.21. The quantitative estimate of drug-likeness (QED) is 0.715. The summed E-state index contributed by atoms with van der Waals surface area (Å²) in [5, 5.41) is 3.06. The number of halogens is 1. The van der Waals surface area contributed by atoms with Crippen LogP contribution in [-0.2, 0) is 11.3 Å². The molecule has 3 nitrogen and oxygen atoms in total. The fourth-order valence-electron chi connectivity index (χ4n) is 1.26. The summed E-state index contributed by atoms with van der Waals surface area (Å²) in [5.74, 6) is -0.520. The Balaban J connectivity index is 2.38. The van der Waals surface area contributed by atoms with Crippen molar-refractivity contribution in [3.8, 4) is 0 Å². The number of rotatable bonds is 5. The van der Waals surface area contributed by atoms with Crippen molar-refractivity contribution in [2.24, 2.45) is 5.73 Å². The van der Waals surface area contributed by atoms with E-state index >= 15 is 0 Å². The lowest BCUT2D eigenvalue weighted by molar-refractivity contribution is -0.117. The Hall–Kier alpha value is -1.42. The van der Waals surface area contributed by atoms with Crippen molar-refractivity contribution >= 4 is 5.91 Å². The predicted octanol–water partition coefficient (Wildman–Crippen LogP) is 1.10. The van der Waals surface area contributed by atoms with E-state index in [-0.39, 0.29) is 11.7 Å². The van der Waals surface area contributed by atoms with E-state index < -0.39 is 0 Å². The van der Waals surface area contributed by atoms with Gasteiger partial charge in [-0.25, -0.2) is 4.39 Å². The van der Waals surface area contributed by atoms with Crippen molar-refractivity contribution < 1.29 is 9.18 Å². The molecule has 15 heavy (non-hydrogen) atoms. The molecule has 0 aliphatic carbocycles. The fraction of sp³-hybridized carbons (Fsp3) is 0.364. The lowest BCUT2D eigenvalue weighted by atomic mass is 10.1. The average molecular weight is 210 g/mol. The number of benzene rings is 1. The summed E-state index contributed by atoms with van der Waals surface area (Å²) in [6.45, 7) is 2.89. The third kappa shape index (κ3) is 4.08. The maximum atomic E-state index is 12.9. The van der Waals surface area contributed by atoms with Gasteiger partial charge in [-0.2, -0.15) is 0 Å². The summed E-state index contributed by atoms with van der Waals surface area (Å²) < 4.78 is 12.9. The molecule has 0 aliphatic heterocycles. The van der Waals surface area contributed by atoms with Gasteiger partial charge in [-0.05, 0) is 24.1 Å². The van der Waals surface area contributed by atoms with Gasteiger partial charge in [0, 0.05) is 19.5 Å². The molecule has 0 aromatic heterocycles. The predicted molar refractivity (Wildman–Crippen MR) is 56.7 cm³/mol. The molecular formula is C11H15FN2O. The largest absolute Gasteiger partial charge is 0.370 e. The minimum Gasteiger partial charge on any atom is -0.370 e. The highest BCUT2D eigenvalue weighted by Gasteiger charge is 1.99. The molecule has 0 heterocycles. The molecule has 0 fully saturated rings. The Bertz CT molecular complexity index is 352. The molecule has 0 radical (unpaired) electrons. The molecule has 4 heteroatoms. The molecule has 1 rings (SSSR count). The number of nitrogens with one attached hydrogen (secondary N) is 1. The van der Waals surface area contributed by atoms with Crippen LogP contribution in [0.4, 0.5) is 4.39 Å². The highest BCUT2D eigenvalue weighted by atomic mass is 19.1. The summed E-state index contributed by atoms with van der Waals surface area (Å²) in [6.07, 6.45) is 0.320. The van der Waals surface area contributed by atoms with Gasteiger partial charge in [0.1, 0.15) is 5.82 Å². The lowest BCUT2D eigenvalue weighted by Gasteiger charge is -2.05. The first-order valence-corrected chi connectivity index (χ1v) is 4.83. The van der Waals surface area contributed by atoms with Crippen LogP contribution in [0.1, 0.15) is 17.5 Å². The second-order valence-corrected chi connectivity index (χ2v) is 3.48. The second kappa shape index (κ2) is 5.46. The molecule has 82 valence electrons. The number of primary amides is 1. The summed E-state index contributed by atoms with van der Waals surface area (Å²) in [7, 11) is 0. The normalized spacial score (nSPS) is 10.3. The van der Waals surface area contributed by atoms with Gasteiger partial charge in [-0.1, -0.05) is 12.1 Å². The topological polar surface area (TPSA) is 55.1 Å². The Morgan fingerprint density at radius 3 is 2.87 bits per heavy atom. The summed E-state index contributed by atoms with van der Waals surface area (Å²) in [6, 6.07) is 4.95. The molecule has 0 spiro atoms. The molecule has 0 bridgehead atoms. The van der Waals surface area contributed by atoms with Gasteiger partial charge in [0.2, 0.25) is 5.91 Å². The first-order chi connectivity index (χ1) is 7.09. The average Bonchev–Trinajstić information content (AvgIpc) is 2.18. The summed E-state index contributed by atoms with van der Waals surface area (Å²) in [4.78, 5) is 10.4. The van der Waals surface area contributed by atoms with Crippen molar-refractivity contribution in [1.29, 1.82) is 0 Å². The standard InChI is InChI=1S/C11H15FN2O/c1-8-6-9(2-3-10(8)12)7-14-5-4-11(13)15/h2-3,6,14H,4-5,7H2,1H3,(H2,13,15). The van der Waals surface area contributed by atoms with E-state index in [1.54, 1.807) is 19.1 Å². The number of hydrogen-bond donors (Lipinski definition) is 2. The van der Waals surface area contributed by atoms with E-state index in [4.69, 9.17) is 5.73 Å². The number of carbonyl (C=O) groups excluding carboxylic acids is 1. The highest BCUT2D eigenvalue weighted by molar-refractivity contribution is 5.73. The van der Waals surface area contributed by atoms with Gasteiger partial charge in [-0.15, -0.1) is 0 Å². The zero-order valence-electron chi connectivity index (χ0n) is 8.72. The molecule has 1 amide bonds. The van der Waals surface area contributed by atoms with Crippen molar-refractivity contribution in [1.82, 2.24) is 5.32 Å². The van der Waals surface area contributed by atoms with Gasteiger partial charge in [-0.3, -0.25) is 4.79 Å². The van der Waals surface area contributed by atoms with Crippen LogP contribution in [0, 0.1) is 12.7 Å². The van der Waals surface area contributed by atoms with E-state index in [1.165, 1.54) is 6.07 Å². The third-order valence-electron chi connectivity index (χ3n) is 2.10. The number of carbonyl (C=O) groups is 1. The Labute approximate surface area is 88.5 Å². The maximum absolute atomic E-state index is 12.9. The van der Waals surface area contributed by atoms with Crippen molar-refractivity contribution in [3.63, 3.8) is 0 Å². The van der Waals surface area contributed by atoms with Crippen LogP contribution >= 0.6 is 0 Å². The van der Waals surface area contributed by atoms with Gasteiger partial charge < -0.3 is 11.1 Å². The molecule has 3 N–H and O–H groups in total. The van der Waals surface area contributed by atoms with Crippen LogP contribution < -0.4 is 11.1 Å². The molecule has 0 atom stereocenters. The van der Waals surface area contributed by atoms with Gasteiger partial charge >= 0.3 is 0 Å². The molecule has 0 saturated carbocycles. The van der Waals surface area contributed by atoms with E-state index in [0.29, 0.717) is 25.1 Å². The number of nitrogens with two attached hydrogens (primary N) is 1. The molecule has 1 aromatic rings. The molecule has 1 aromatic carbocycles. The van der Waals surface area contributed by atoms with Crippen LogP contribution in [0.15, 0.2) is 18.2 Å². The molecule has 0 unspecified atom stereocenters. The van der Waals surface area contributed by atoms with Gasteiger partial charge in [0.15, 0.2) is 0 Å². The first kappa shape index (κ1) is 11.7. The molecule has 0 aliphatic rings. The minimum absolute atomic E-state index is 0.198. The SMILES string of the molecule is Cc1cc(CNCCC(N)=O)ccc1F. The van der Waals surface area contributed by atoms with E-state index in [9.17, 15) is 9.18 Å². The van der Waals surface area contributed by atoms with Crippen molar-refractivity contribution in [2.75, 3.05) is 6.54 Å². The first-order valence-electron chi connectivity index (χ1n) is 4.83. The summed E-state index contributed by atoms with van der Waals surface area (Å²) in [5.41, 5.74) is 6.61. The van der Waals surface area contributed by atoms with Crippen LogP contribution in [0.5, 0.6) is 0 Å². The summed E-state index contributed by atoms with van der Waals surface area (Å²) >= 11 is 0. The van der Waals surface area contributed by atoms with Gasteiger partial charge in [0.05, 0.1) is 0 Å². The Kier molecular flexibility index (Phi) is 4.24. The minimum atomic E-state index is -0.321. The van der Waals surface area contributed by atoms with Crippen LogP contribution in [-0.4, -0.2) is 12.5 Å². The smallest absolute Gasteiger partial charge is 0.218 e. The molecular weight excluding hydrogens is 195 g/mol. The van der Waals surface area contributed by atoms with E-state index in [1.807, 2.05) is 0 Å².